The van der Waals surface area contributed by atoms with Gasteiger partial charge in [-0.05, 0) is 69.9 Å². The topological polar surface area (TPSA) is 111 Å². The second-order valence-electron chi connectivity index (χ2n) is 9.67. The molecule has 0 spiro atoms. The number of carbonyl (C=O) groups is 1. The molecule has 1 aromatic carbocycles. The highest BCUT2D eigenvalue weighted by Crippen LogP contribution is 2.32. The van der Waals surface area contributed by atoms with Gasteiger partial charge in [0.1, 0.15) is 0 Å². The van der Waals surface area contributed by atoms with Gasteiger partial charge in [0.25, 0.3) is 5.91 Å². The van der Waals surface area contributed by atoms with Crippen molar-refractivity contribution < 1.29 is 15.1 Å². The summed E-state index contributed by atoms with van der Waals surface area (Å²) >= 11 is 1.45. The molecule has 1 amide bonds. The Morgan fingerprint density at radius 2 is 1.92 bits per heavy atom. The summed E-state index contributed by atoms with van der Waals surface area (Å²) < 4.78 is 1.89. The molecule has 8 nitrogen and oxygen atoms in total. The monoisotopic (exact) mass is 525 g/mol. The summed E-state index contributed by atoms with van der Waals surface area (Å²) in [6, 6.07) is 7.40. The van der Waals surface area contributed by atoms with E-state index in [0.717, 1.165) is 35.2 Å². The van der Waals surface area contributed by atoms with E-state index < -0.39 is 5.60 Å². The zero-order valence-electron chi connectivity index (χ0n) is 22.6. The number of aliphatic hydroxyl groups is 1. The zero-order valence-corrected chi connectivity index (χ0v) is 23.4. The quantitative estimate of drug-likeness (QED) is 0.130. The van der Waals surface area contributed by atoms with Crippen LogP contribution in [-0.2, 0) is 6.54 Å². The summed E-state index contributed by atoms with van der Waals surface area (Å²) in [5.74, 6) is 0.146. The van der Waals surface area contributed by atoms with Crippen LogP contribution < -0.4 is 16.1 Å². The molecular formula is C28H39N5O3S. The number of carbonyl (C=O) groups excluding carboxylic acids is 1. The number of amides is 1. The van der Waals surface area contributed by atoms with Crippen LogP contribution >= 0.6 is 11.3 Å². The van der Waals surface area contributed by atoms with Crippen LogP contribution in [0.4, 0.5) is 17.3 Å². The minimum Gasteiger partial charge on any atom is -0.390 e. The molecule has 0 fully saturated rings. The van der Waals surface area contributed by atoms with Crippen molar-refractivity contribution in [2.24, 2.45) is 0 Å². The smallest absolute Gasteiger partial charge is 0.268 e. The summed E-state index contributed by atoms with van der Waals surface area (Å²) in [7, 11) is 1.76. The Kier molecular flexibility index (Phi) is 9.53. The molecule has 3 rings (SSSR count). The fourth-order valence-electron chi connectivity index (χ4n) is 4.14. The van der Waals surface area contributed by atoms with Gasteiger partial charge in [-0.2, -0.15) is 0 Å². The number of benzene rings is 1. The molecule has 0 aliphatic heterocycles. The van der Waals surface area contributed by atoms with E-state index in [1.807, 2.05) is 29.7 Å². The summed E-state index contributed by atoms with van der Waals surface area (Å²) in [6.07, 6.45) is 7.97. The van der Waals surface area contributed by atoms with Gasteiger partial charge in [0.05, 0.1) is 32.9 Å². The van der Waals surface area contributed by atoms with Gasteiger partial charge in [-0.15, -0.1) is 11.3 Å². The molecule has 0 aliphatic carbocycles. The number of aryl methyl sites for hydroxylation is 1. The molecule has 9 heteroatoms. The van der Waals surface area contributed by atoms with Crippen LogP contribution in [0.3, 0.4) is 0 Å². The maximum absolute atomic E-state index is 13.3. The first kappa shape index (κ1) is 28.4. The molecule has 0 saturated carbocycles. The second-order valence-corrected chi connectivity index (χ2v) is 10.7. The maximum Gasteiger partial charge on any atom is 0.268 e. The number of nitrogens with one attached hydrogen (secondary N) is 3. The van der Waals surface area contributed by atoms with Crippen molar-refractivity contribution >= 4 is 51.2 Å². The van der Waals surface area contributed by atoms with E-state index in [1.165, 1.54) is 16.9 Å². The van der Waals surface area contributed by atoms with Gasteiger partial charge in [-0.25, -0.2) is 4.98 Å². The van der Waals surface area contributed by atoms with Crippen molar-refractivity contribution in [2.45, 2.75) is 72.4 Å². The van der Waals surface area contributed by atoms with Crippen molar-refractivity contribution in [3.05, 3.63) is 51.7 Å². The number of fused-ring (bicyclic) bond motifs is 1. The Balaban J connectivity index is 1.94. The molecule has 0 saturated heterocycles. The summed E-state index contributed by atoms with van der Waals surface area (Å²) in [5.41, 5.74) is 6.36. The van der Waals surface area contributed by atoms with Crippen LogP contribution in [0, 0.1) is 0 Å². The number of allylic oxidation sites excluding steroid dienone is 4. The molecule has 200 valence electrons. The van der Waals surface area contributed by atoms with E-state index in [2.05, 4.69) is 47.1 Å². The Labute approximate surface area is 223 Å². The lowest BCUT2D eigenvalue weighted by molar-refractivity contribution is 0.0667. The largest absolute Gasteiger partial charge is 0.390 e. The SMILES string of the molecule is C/C=C(\C=C(\CC)CCC)c1ccc(C(=O)Nc2nc3cc(NO)c(NC)cc3n2CCC(C)(C)O)s1. The van der Waals surface area contributed by atoms with Crippen molar-refractivity contribution in [3.8, 4) is 0 Å². The minimum absolute atomic E-state index is 0.242. The lowest BCUT2D eigenvalue weighted by atomic mass is 10.0. The van der Waals surface area contributed by atoms with Gasteiger partial charge < -0.3 is 15.0 Å². The highest BCUT2D eigenvalue weighted by molar-refractivity contribution is 7.15. The van der Waals surface area contributed by atoms with Gasteiger partial charge in [0.2, 0.25) is 5.95 Å². The van der Waals surface area contributed by atoms with E-state index in [1.54, 1.807) is 27.0 Å². The molecule has 2 aromatic heterocycles. The van der Waals surface area contributed by atoms with Gasteiger partial charge >= 0.3 is 0 Å². The van der Waals surface area contributed by atoms with E-state index in [-0.39, 0.29) is 5.91 Å². The normalized spacial score (nSPS) is 12.8. The van der Waals surface area contributed by atoms with Gasteiger partial charge in [-0.1, -0.05) is 38.0 Å². The minimum atomic E-state index is -0.884. The Hall–Kier alpha value is -3.14. The van der Waals surface area contributed by atoms with Gasteiger partial charge in [0.15, 0.2) is 0 Å². The molecule has 0 atom stereocenters. The second kappa shape index (κ2) is 12.4. The number of imidazole rings is 1. The summed E-state index contributed by atoms with van der Waals surface area (Å²) in [5, 5.41) is 25.9. The van der Waals surface area contributed by atoms with Crippen LogP contribution in [0.5, 0.6) is 0 Å². The molecular weight excluding hydrogens is 486 g/mol. The van der Waals surface area contributed by atoms with Crippen molar-refractivity contribution in [1.29, 1.82) is 0 Å². The van der Waals surface area contributed by atoms with Crippen LogP contribution in [0.15, 0.2) is 42.0 Å². The molecule has 37 heavy (non-hydrogen) atoms. The zero-order chi connectivity index (χ0) is 27.2. The molecule has 0 aliphatic rings. The predicted molar refractivity (Wildman–Crippen MR) is 155 cm³/mol. The van der Waals surface area contributed by atoms with Gasteiger partial charge in [-0.3, -0.25) is 20.8 Å². The fourth-order valence-corrected chi connectivity index (χ4v) is 5.09. The van der Waals surface area contributed by atoms with Crippen LogP contribution in [-0.4, -0.2) is 38.4 Å². The van der Waals surface area contributed by atoms with Crippen LogP contribution in [0.1, 0.15) is 74.9 Å². The Morgan fingerprint density at radius 3 is 2.51 bits per heavy atom. The van der Waals surface area contributed by atoms with Crippen molar-refractivity contribution in [3.63, 3.8) is 0 Å². The van der Waals surface area contributed by atoms with E-state index in [0.29, 0.717) is 40.7 Å². The summed E-state index contributed by atoms with van der Waals surface area (Å²) in [6.45, 7) is 10.3. The molecule has 5 N–H and O–H groups in total. The van der Waals surface area contributed by atoms with Crippen LogP contribution in [0.25, 0.3) is 16.6 Å². The number of hydrogen-bond acceptors (Lipinski definition) is 7. The number of nitrogens with zero attached hydrogens (tertiary/aromatic N) is 2. The molecule has 0 radical (unpaired) electrons. The number of rotatable bonds is 12. The molecule has 0 bridgehead atoms. The van der Waals surface area contributed by atoms with E-state index in [9.17, 15) is 15.1 Å². The molecule has 2 heterocycles. The average molecular weight is 526 g/mol. The van der Waals surface area contributed by atoms with Gasteiger partial charge in [0, 0.05) is 18.5 Å². The molecule has 0 unspecified atom stereocenters. The van der Waals surface area contributed by atoms with E-state index >= 15 is 0 Å². The standard InChI is InChI=1S/C28H39N5O3S/c1-7-10-18(8-2)15-19(9-3)24-11-12-25(37-24)26(34)31-27-30-22-16-21(32-36)20(29-6)17-23(22)33(27)14-13-28(4,5)35/h9,11-12,15-17,29,32,35-36H,7-8,10,13-14H2,1-6H3,(H,30,31,34)/b18-15-,19-9+. The first-order chi connectivity index (χ1) is 17.6. The third-order valence-corrected chi connectivity index (χ3v) is 7.39. The van der Waals surface area contributed by atoms with Crippen molar-refractivity contribution in [2.75, 3.05) is 23.2 Å². The fraction of sp³-hybridized carbons (Fsp3) is 0.429. The van der Waals surface area contributed by atoms with Crippen molar-refractivity contribution in [1.82, 2.24) is 9.55 Å². The third kappa shape index (κ3) is 7.00. The number of hydrogen-bond donors (Lipinski definition) is 5. The lowest BCUT2D eigenvalue weighted by Gasteiger charge is -2.19. The average Bonchev–Trinajstić information content (AvgIpc) is 3.48. The number of anilines is 3. The number of aromatic nitrogens is 2. The predicted octanol–water partition coefficient (Wildman–Crippen LogP) is 6.89. The van der Waals surface area contributed by atoms with Crippen LogP contribution in [0.2, 0.25) is 0 Å². The third-order valence-electron chi connectivity index (χ3n) is 6.26. The molecule has 3 aromatic rings. The Morgan fingerprint density at radius 1 is 1.19 bits per heavy atom. The first-order valence-corrected chi connectivity index (χ1v) is 13.6. The first-order valence-electron chi connectivity index (χ1n) is 12.8. The summed E-state index contributed by atoms with van der Waals surface area (Å²) in [4.78, 5) is 19.6. The Bertz CT molecular complexity index is 1300. The maximum atomic E-state index is 13.3. The highest BCUT2D eigenvalue weighted by atomic mass is 32.1. The highest BCUT2D eigenvalue weighted by Gasteiger charge is 2.20. The van der Waals surface area contributed by atoms with E-state index in [4.69, 9.17) is 0 Å². The number of thiophene rings is 1. The lowest BCUT2D eigenvalue weighted by Crippen LogP contribution is -2.22.